The smallest absolute Gasteiger partial charge is 0.151 e. The Morgan fingerprint density at radius 1 is 0.895 bits per heavy atom. The summed E-state index contributed by atoms with van der Waals surface area (Å²) in [6.45, 7) is 0.827. The van der Waals surface area contributed by atoms with Crippen LogP contribution in [0.5, 0.6) is 0 Å². The van der Waals surface area contributed by atoms with Gasteiger partial charge in [0.25, 0.3) is 0 Å². The number of anilines is 1. The zero-order valence-electron chi connectivity index (χ0n) is 10.8. The number of hydrogen-bond donors (Lipinski definition) is 0. The second-order valence-corrected chi connectivity index (χ2v) is 4.60. The first-order chi connectivity index (χ1) is 9.33. The maximum absolute atomic E-state index is 4.28. The van der Waals surface area contributed by atoms with Crippen molar-refractivity contribution >= 4 is 16.7 Å². The van der Waals surface area contributed by atoms with Gasteiger partial charge in [-0.1, -0.05) is 48.5 Å². The lowest BCUT2D eigenvalue weighted by atomic mass is 10.2. The van der Waals surface area contributed by atoms with Crippen LogP contribution in [0.15, 0.2) is 60.7 Å². The first-order valence-corrected chi connectivity index (χ1v) is 6.30. The summed E-state index contributed by atoms with van der Waals surface area (Å²) in [5.74, 6) is 0.891. The second kappa shape index (κ2) is 5.06. The molecule has 0 saturated carbocycles. The van der Waals surface area contributed by atoms with Gasteiger partial charge in [-0.05, 0) is 17.7 Å². The Bertz CT molecular complexity index is 680. The number of benzene rings is 2. The molecule has 0 saturated heterocycles. The van der Waals surface area contributed by atoms with Gasteiger partial charge in [0.05, 0.1) is 5.52 Å². The van der Waals surface area contributed by atoms with Crippen LogP contribution < -0.4 is 4.90 Å². The highest BCUT2D eigenvalue weighted by Gasteiger charge is 2.05. The molecule has 0 radical (unpaired) electrons. The molecular formula is C16H15N3. The topological polar surface area (TPSA) is 29.0 Å². The van der Waals surface area contributed by atoms with E-state index in [1.54, 1.807) is 0 Å². The van der Waals surface area contributed by atoms with E-state index in [0.717, 1.165) is 23.3 Å². The monoisotopic (exact) mass is 249 g/mol. The molecule has 0 bridgehead atoms. The van der Waals surface area contributed by atoms with E-state index in [1.807, 2.05) is 31.3 Å². The molecule has 0 fully saturated rings. The van der Waals surface area contributed by atoms with Crippen LogP contribution in [0.1, 0.15) is 5.56 Å². The molecule has 3 nitrogen and oxygen atoms in total. The van der Waals surface area contributed by atoms with E-state index in [1.165, 1.54) is 5.56 Å². The third kappa shape index (κ3) is 2.55. The molecule has 0 unspecified atom stereocenters. The van der Waals surface area contributed by atoms with Crippen molar-refractivity contribution < 1.29 is 0 Å². The number of rotatable bonds is 3. The summed E-state index contributed by atoms with van der Waals surface area (Å²) in [4.78, 5) is 2.11. The largest absolute Gasteiger partial charge is 0.354 e. The van der Waals surface area contributed by atoms with Gasteiger partial charge >= 0.3 is 0 Å². The van der Waals surface area contributed by atoms with Crippen molar-refractivity contribution in [3.63, 3.8) is 0 Å². The molecule has 3 aromatic rings. The molecule has 0 aliphatic heterocycles. The van der Waals surface area contributed by atoms with Gasteiger partial charge in [-0.2, -0.15) is 0 Å². The molecule has 1 aromatic heterocycles. The fourth-order valence-electron chi connectivity index (χ4n) is 2.10. The molecule has 94 valence electrons. The van der Waals surface area contributed by atoms with Crippen LogP contribution in [0.4, 0.5) is 5.82 Å². The van der Waals surface area contributed by atoms with Crippen molar-refractivity contribution in [2.24, 2.45) is 0 Å². The highest BCUT2D eigenvalue weighted by atomic mass is 15.2. The molecule has 0 N–H and O–H groups in total. The minimum absolute atomic E-state index is 0.827. The lowest BCUT2D eigenvalue weighted by Gasteiger charge is -2.17. The molecule has 1 heterocycles. The summed E-state index contributed by atoms with van der Waals surface area (Å²) in [6, 6.07) is 20.5. The highest BCUT2D eigenvalue weighted by Crippen LogP contribution is 2.17. The Labute approximate surface area is 112 Å². The molecule has 0 spiro atoms. The SMILES string of the molecule is CN(Cc1ccccc1)c1cc2ccccc2nn1. The predicted octanol–water partition coefficient (Wildman–Crippen LogP) is 3.27. The molecule has 0 aliphatic carbocycles. The minimum Gasteiger partial charge on any atom is -0.354 e. The lowest BCUT2D eigenvalue weighted by Crippen LogP contribution is -2.17. The van der Waals surface area contributed by atoms with Crippen LogP contribution in [-0.4, -0.2) is 17.2 Å². The third-order valence-corrected chi connectivity index (χ3v) is 3.14. The van der Waals surface area contributed by atoms with Gasteiger partial charge in [0.2, 0.25) is 0 Å². The lowest BCUT2D eigenvalue weighted by molar-refractivity contribution is 0.875. The number of nitrogens with zero attached hydrogens (tertiary/aromatic N) is 3. The Morgan fingerprint density at radius 3 is 2.47 bits per heavy atom. The van der Waals surface area contributed by atoms with Gasteiger partial charge in [-0.3, -0.25) is 0 Å². The van der Waals surface area contributed by atoms with E-state index in [0.29, 0.717) is 0 Å². The summed E-state index contributed by atoms with van der Waals surface area (Å²) >= 11 is 0. The number of aromatic nitrogens is 2. The van der Waals surface area contributed by atoms with Crippen LogP contribution >= 0.6 is 0 Å². The molecule has 19 heavy (non-hydrogen) atoms. The number of fused-ring (bicyclic) bond motifs is 1. The van der Waals surface area contributed by atoms with Crippen LogP contribution in [0.25, 0.3) is 10.9 Å². The van der Waals surface area contributed by atoms with Gasteiger partial charge in [0, 0.05) is 19.0 Å². The summed E-state index contributed by atoms with van der Waals surface area (Å²) < 4.78 is 0. The second-order valence-electron chi connectivity index (χ2n) is 4.60. The molecule has 0 atom stereocenters. The predicted molar refractivity (Wildman–Crippen MR) is 78.1 cm³/mol. The third-order valence-electron chi connectivity index (χ3n) is 3.14. The van der Waals surface area contributed by atoms with E-state index >= 15 is 0 Å². The van der Waals surface area contributed by atoms with Gasteiger partial charge < -0.3 is 4.90 Å². The fourth-order valence-corrected chi connectivity index (χ4v) is 2.10. The van der Waals surface area contributed by atoms with E-state index < -0.39 is 0 Å². The van der Waals surface area contributed by atoms with Crippen molar-refractivity contribution in [1.82, 2.24) is 10.2 Å². The average Bonchev–Trinajstić information content (AvgIpc) is 2.48. The first-order valence-electron chi connectivity index (χ1n) is 6.30. The van der Waals surface area contributed by atoms with E-state index in [4.69, 9.17) is 0 Å². The quantitative estimate of drug-likeness (QED) is 0.713. The van der Waals surface area contributed by atoms with Crippen molar-refractivity contribution in [3.05, 3.63) is 66.2 Å². The van der Waals surface area contributed by atoms with Crippen molar-refractivity contribution in [2.75, 3.05) is 11.9 Å². The summed E-state index contributed by atoms with van der Waals surface area (Å²) in [5, 5.41) is 9.65. The van der Waals surface area contributed by atoms with Crippen LogP contribution in [0, 0.1) is 0 Å². The Hall–Kier alpha value is -2.42. The molecular weight excluding hydrogens is 234 g/mol. The normalized spacial score (nSPS) is 10.6. The van der Waals surface area contributed by atoms with Crippen LogP contribution in [0.3, 0.4) is 0 Å². The maximum Gasteiger partial charge on any atom is 0.151 e. The summed E-state index contributed by atoms with van der Waals surface area (Å²) in [7, 11) is 2.03. The molecule has 2 aromatic carbocycles. The standard InChI is InChI=1S/C16H15N3/c1-19(12-13-7-3-2-4-8-13)16-11-14-9-5-6-10-15(14)17-18-16/h2-11H,12H2,1H3. The number of hydrogen-bond acceptors (Lipinski definition) is 3. The first kappa shape index (κ1) is 11.7. The van der Waals surface area contributed by atoms with Crippen molar-refractivity contribution in [2.45, 2.75) is 6.54 Å². The van der Waals surface area contributed by atoms with Crippen LogP contribution in [0.2, 0.25) is 0 Å². The van der Waals surface area contributed by atoms with Gasteiger partial charge in [-0.25, -0.2) is 0 Å². The Kier molecular flexibility index (Phi) is 3.11. The minimum atomic E-state index is 0.827. The molecule has 0 amide bonds. The summed E-state index contributed by atoms with van der Waals surface area (Å²) in [5.41, 5.74) is 2.19. The highest BCUT2D eigenvalue weighted by molar-refractivity contribution is 5.80. The molecule has 3 heteroatoms. The maximum atomic E-state index is 4.28. The van der Waals surface area contributed by atoms with Gasteiger partial charge in [0.15, 0.2) is 5.82 Å². The Morgan fingerprint density at radius 2 is 1.63 bits per heavy atom. The fraction of sp³-hybridized carbons (Fsp3) is 0.125. The zero-order valence-corrected chi connectivity index (χ0v) is 10.8. The van der Waals surface area contributed by atoms with Gasteiger partial charge in [-0.15, -0.1) is 10.2 Å². The molecule has 0 aliphatic rings. The van der Waals surface area contributed by atoms with Crippen molar-refractivity contribution in [1.29, 1.82) is 0 Å². The van der Waals surface area contributed by atoms with Gasteiger partial charge in [0.1, 0.15) is 0 Å². The average molecular weight is 249 g/mol. The van der Waals surface area contributed by atoms with E-state index in [9.17, 15) is 0 Å². The summed E-state index contributed by atoms with van der Waals surface area (Å²) in [6.07, 6.45) is 0. The van der Waals surface area contributed by atoms with E-state index in [2.05, 4.69) is 51.5 Å². The van der Waals surface area contributed by atoms with Crippen molar-refractivity contribution in [3.8, 4) is 0 Å². The zero-order chi connectivity index (χ0) is 13.1. The van der Waals surface area contributed by atoms with E-state index in [-0.39, 0.29) is 0 Å². The van der Waals surface area contributed by atoms with Crippen LogP contribution in [-0.2, 0) is 6.54 Å². The Balaban J connectivity index is 1.87. The molecule has 3 rings (SSSR count).